The molecule has 1 aromatic heterocycles. The molecule has 0 bridgehead atoms. The number of unbranched alkanes of at least 4 members (excludes halogenated alkanes) is 13. The Morgan fingerprint density at radius 3 is 2.00 bits per heavy atom. The summed E-state index contributed by atoms with van der Waals surface area (Å²) in [6.07, 6.45) is 19.5. The molecule has 1 aliphatic rings. The molecule has 0 amide bonds. The molecule has 0 fully saturated rings. The second-order valence-electron chi connectivity index (χ2n) is 7.82. The third-order valence-electron chi connectivity index (χ3n) is 5.26. The smallest absolute Gasteiger partial charge is 0.172 e. The Bertz CT molecular complexity index is 460. The van der Waals surface area contributed by atoms with Crippen LogP contribution in [-0.2, 0) is 4.74 Å². The first kappa shape index (κ1) is 22.5. The molecule has 3 nitrogen and oxygen atoms in total. The number of rotatable bonds is 17. The van der Waals surface area contributed by atoms with E-state index in [1.165, 1.54) is 83.5 Å². The van der Waals surface area contributed by atoms with Gasteiger partial charge in [-0.05, 0) is 6.42 Å². The highest BCUT2D eigenvalue weighted by molar-refractivity contribution is 7.08. The van der Waals surface area contributed by atoms with Crippen LogP contribution in [0.5, 0.6) is 11.5 Å². The van der Waals surface area contributed by atoms with E-state index in [4.69, 9.17) is 14.2 Å². The maximum Gasteiger partial charge on any atom is 0.172 e. The van der Waals surface area contributed by atoms with E-state index >= 15 is 0 Å². The molecule has 156 valence electrons. The fourth-order valence-electron chi connectivity index (χ4n) is 3.56. The lowest BCUT2D eigenvalue weighted by Crippen LogP contribution is -2.33. The third kappa shape index (κ3) is 10.4. The van der Waals surface area contributed by atoms with Gasteiger partial charge in [-0.2, -0.15) is 0 Å². The van der Waals surface area contributed by atoms with E-state index in [2.05, 4.69) is 6.92 Å². The summed E-state index contributed by atoms with van der Waals surface area (Å²) in [6, 6.07) is 0. The summed E-state index contributed by atoms with van der Waals surface area (Å²) >= 11 is 1.62. The molecule has 0 saturated heterocycles. The molecule has 1 atom stereocenters. The molecule has 4 heteroatoms. The molecule has 0 aromatic carbocycles. The number of hydrogen-bond donors (Lipinski definition) is 0. The number of ether oxygens (including phenoxy) is 3. The van der Waals surface area contributed by atoms with Gasteiger partial charge >= 0.3 is 0 Å². The molecule has 0 radical (unpaired) electrons. The van der Waals surface area contributed by atoms with Gasteiger partial charge < -0.3 is 14.2 Å². The molecule has 0 N–H and O–H groups in total. The fourth-order valence-corrected chi connectivity index (χ4v) is 4.23. The fraction of sp³-hybridized carbons (Fsp3) is 0.826. The van der Waals surface area contributed by atoms with Crippen molar-refractivity contribution in [2.75, 3.05) is 19.8 Å². The van der Waals surface area contributed by atoms with Crippen molar-refractivity contribution in [3.05, 3.63) is 10.8 Å². The minimum atomic E-state index is 0.0405. The van der Waals surface area contributed by atoms with E-state index in [0.717, 1.165) is 24.5 Å². The standard InChI is InChI=1S/C23H40O3S/c1-2-3-4-5-6-7-8-9-10-11-12-13-14-15-16-24-17-21-18-25-22-19-27-20-23(22)26-21/h19-21H,2-18H2,1H3. The van der Waals surface area contributed by atoms with Gasteiger partial charge in [-0.3, -0.25) is 0 Å². The van der Waals surface area contributed by atoms with Crippen molar-refractivity contribution in [1.29, 1.82) is 0 Å². The molecule has 2 heterocycles. The SMILES string of the molecule is CCCCCCCCCCCCCCCCOCC1COc2cscc2O1. The number of fused-ring (bicyclic) bond motifs is 1. The summed E-state index contributed by atoms with van der Waals surface area (Å²) in [5, 5.41) is 3.98. The molecule has 27 heavy (non-hydrogen) atoms. The van der Waals surface area contributed by atoms with Crippen molar-refractivity contribution in [2.45, 2.75) is 103 Å². The van der Waals surface area contributed by atoms with Crippen LogP contribution in [0.15, 0.2) is 10.8 Å². The van der Waals surface area contributed by atoms with Crippen LogP contribution in [0.25, 0.3) is 0 Å². The maximum atomic E-state index is 5.86. The van der Waals surface area contributed by atoms with Crippen LogP contribution in [0, 0.1) is 0 Å². The van der Waals surface area contributed by atoms with E-state index in [-0.39, 0.29) is 6.10 Å². The van der Waals surface area contributed by atoms with E-state index < -0.39 is 0 Å². The second-order valence-corrected chi connectivity index (χ2v) is 8.57. The van der Waals surface area contributed by atoms with Gasteiger partial charge in [0.25, 0.3) is 0 Å². The first-order chi connectivity index (χ1) is 13.4. The van der Waals surface area contributed by atoms with Crippen molar-refractivity contribution in [2.24, 2.45) is 0 Å². The third-order valence-corrected chi connectivity index (χ3v) is 5.96. The minimum absolute atomic E-state index is 0.0405. The van der Waals surface area contributed by atoms with Crippen molar-refractivity contribution in [1.82, 2.24) is 0 Å². The Labute approximate surface area is 170 Å². The zero-order valence-electron chi connectivity index (χ0n) is 17.4. The Hall–Kier alpha value is -0.740. The molecule has 2 rings (SSSR count). The lowest BCUT2D eigenvalue weighted by atomic mass is 10.0. The average molecular weight is 397 g/mol. The van der Waals surface area contributed by atoms with E-state index in [1.54, 1.807) is 11.3 Å². The predicted molar refractivity (Wildman–Crippen MR) is 115 cm³/mol. The second kappa shape index (κ2) is 15.2. The van der Waals surface area contributed by atoms with Crippen LogP contribution in [0.1, 0.15) is 96.8 Å². The van der Waals surface area contributed by atoms with Gasteiger partial charge in [-0.15, -0.1) is 11.3 Å². The summed E-state index contributed by atoms with van der Waals surface area (Å²) in [6.45, 7) is 4.36. The molecule has 0 saturated carbocycles. The average Bonchev–Trinajstić information content (AvgIpc) is 3.15. The van der Waals surface area contributed by atoms with Crippen LogP contribution < -0.4 is 9.47 Å². The number of hydrogen-bond acceptors (Lipinski definition) is 4. The maximum absolute atomic E-state index is 5.86. The molecule has 1 aromatic rings. The van der Waals surface area contributed by atoms with Crippen molar-refractivity contribution < 1.29 is 14.2 Å². The zero-order chi connectivity index (χ0) is 19.0. The Balaban J connectivity index is 1.27. The Kier molecular flexibility index (Phi) is 12.7. The lowest BCUT2D eigenvalue weighted by molar-refractivity contribution is 0.00842. The highest BCUT2D eigenvalue weighted by Gasteiger charge is 2.21. The molecular weight excluding hydrogens is 356 g/mol. The van der Waals surface area contributed by atoms with Crippen molar-refractivity contribution in [3.63, 3.8) is 0 Å². The van der Waals surface area contributed by atoms with Crippen LogP contribution in [0.4, 0.5) is 0 Å². The van der Waals surface area contributed by atoms with Gasteiger partial charge in [0, 0.05) is 17.4 Å². The molecule has 0 aliphatic carbocycles. The van der Waals surface area contributed by atoms with Gasteiger partial charge in [0.15, 0.2) is 17.6 Å². The van der Waals surface area contributed by atoms with E-state index in [1.807, 2.05) is 10.8 Å². The highest BCUT2D eigenvalue weighted by Crippen LogP contribution is 2.35. The van der Waals surface area contributed by atoms with E-state index in [0.29, 0.717) is 13.2 Å². The molecule has 1 unspecified atom stereocenters. The monoisotopic (exact) mass is 396 g/mol. The lowest BCUT2D eigenvalue weighted by Gasteiger charge is -2.24. The minimum Gasteiger partial charge on any atom is -0.485 e. The summed E-state index contributed by atoms with van der Waals surface area (Å²) < 4.78 is 17.3. The predicted octanol–water partition coefficient (Wildman–Crippen LogP) is 7.39. The summed E-state index contributed by atoms with van der Waals surface area (Å²) in [5.41, 5.74) is 0. The van der Waals surface area contributed by atoms with Gasteiger partial charge in [-0.25, -0.2) is 0 Å². The number of thiophene rings is 1. The normalized spacial score (nSPS) is 16.0. The molecular formula is C23H40O3S. The van der Waals surface area contributed by atoms with Crippen LogP contribution in [0.3, 0.4) is 0 Å². The van der Waals surface area contributed by atoms with Gasteiger partial charge in [-0.1, -0.05) is 90.4 Å². The zero-order valence-corrected chi connectivity index (χ0v) is 18.2. The molecule has 1 aliphatic heterocycles. The quantitative estimate of drug-likeness (QED) is 0.257. The van der Waals surface area contributed by atoms with Gasteiger partial charge in [0.05, 0.1) is 6.61 Å². The summed E-state index contributed by atoms with van der Waals surface area (Å²) in [4.78, 5) is 0. The Morgan fingerprint density at radius 1 is 0.815 bits per heavy atom. The first-order valence-corrected chi connectivity index (χ1v) is 12.3. The van der Waals surface area contributed by atoms with Crippen LogP contribution in [-0.4, -0.2) is 25.9 Å². The van der Waals surface area contributed by atoms with Crippen LogP contribution >= 0.6 is 11.3 Å². The van der Waals surface area contributed by atoms with E-state index in [9.17, 15) is 0 Å². The van der Waals surface area contributed by atoms with Gasteiger partial charge in [0.1, 0.15) is 6.61 Å². The first-order valence-electron chi connectivity index (χ1n) is 11.3. The summed E-state index contributed by atoms with van der Waals surface area (Å²) in [7, 11) is 0. The Morgan fingerprint density at radius 2 is 1.37 bits per heavy atom. The van der Waals surface area contributed by atoms with Crippen molar-refractivity contribution >= 4 is 11.3 Å². The van der Waals surface area contributed by atoms with Crippen LogP contribution in [0.2, 0.25) is 0 Å². The molecule has 0 spiro atoms. The summed E-state index contributed by atoms with van der Waals surface area (Å²) in [5.74, 6) is 1.75. The van der Waals surface area contributed by atoms with Crippen molar-refractivity contribution in [3.8, 4) is 11.5 Å². The van der Waals surface area contributed by atoms with Gasteiger partial charge in [0.2, 0.25) is 0 Å². The largest absolute Gasteiger partial charge is 0.485 e. The highest BCUT2D eigenvalue weighted by atomic mass is 32.1. The topological polar surface area (TPSA) is 27.7 Å².